The first kappa shape index (κ1) is 7.11. The van der Waals surface area contributed by atoms with Gasteiger partial charge in [0.1, 0.15) is 5.65 Å². The summed E-state index contributed by atoms with van der Waals surface area (Å²) in [5, 5.41) is 8.00. The number of nitrogens with zero attached hydrogens (tertiary/aromatic N) is 4. The van der Waals surface area contributed by atoms with E-state index >= 15 is 0 Å². The Morgan fingerprint density at radius 1 is 1.13 bits per heavy atom. The van der Waals surface area contributed by atoms with E-state index in [0.29, 0.717) is 0 Å². The van der Waals surface area contributed by atoms with E-state index in [9.17, 15) is 0 Å². The molecule has 0 atom stereocenters. The van der Waals surface area contributed by atoms with E-state index in [1.165, 1.54) is 0 Å². The Labute approximate surface area is 84.6 Å². The van der Waals surface area contributed by atoms with Crippen molar-refractivity contribution in [3.63, 3.8) is 0 Å². The lowest BCUT2D eigenvalue weighted by Crippen LogP contribution is -2.08. The highest BCUT2D eigenvalue weighted by Gasteiger charge is 2.12. The van der Waals surface area contributed by atoms with Crippen LogP contribution in [0.3, 0.4) is 0 Å². The van der Waals surface area contributed by atoms with Crippen molar-refractivity contribution >= 4 is 22.9 Å². The second-order valence-electron chi connectivity index (χ2n) is 3.56. The van der Waals surface area contributed by atoms with Gasteiger partial charge in [0, 0.05) is 5.56 Å². The van der Waals surface area contributed by atoms with Gasteiger partial charge >= 0.3 is 0 Å². The molecule has 0 bridgehead atoms. The van der Waals surface area contributed by atoms with Gasteiger partial charge in [-0.1, -0.05) is 12.1 Å². The van der Waals surface area contributed by atoms with Gasteiger partial charge in [-0.25, -0.2) is 4.98 Å². The zero-order valence-corrected chi connectivity index (χ0v) is 7.75. The van der Waals surface area contributed by atoms with Crippen molar-refractivity contribution in [3.05, 3.63) is 41.4 Å². The molecule has 4 heteroatoms. The summed E-state index contributed by atoms with van der Waals surface area (Å²) >= 11 is 0. The highest BCUT2D eigenvalue weighted by molar-refractivity contribution is 5.87. The maximum Gasteiger partial charge on any atom is 0.170 e. The van der Waals surface area contributed by atoms with Crippen molar-refractivity contribution in [1.82, 2.24) is 9.38 Å². The minimum Gasteiger partial charge on any atom is -0.275 e. The van der Waals surface area contributed by atoms with Crippen LogP contribution in [-0.2, 0) is 0 Å². The first-order valence-corrected chi connectivity index (χ1v) is 4.74. The van der Waals surface area contributed by atoms with Crippen LogP contribution in [0.2, 0.25) is 0 Å². The van der Waals surface area contributed by atoms with Gasteiger partial charge in [0.05, 0.1) is 17.2 Å². The molecule has 0 saturated heterocycles. The first-order valence-electron chi connectivity index (χ1n) is 4.74. The predicted molar refractivity (Wildman–Crippen MR) is 57.0 cm³/mol. The molecule has 0 spiro atoms. The lowest BCUT2D eigenvalue weighted by molar-refractivity contribution is 1.06. The summed E-state index contributed by atoms with van der Waals surface area (Å²) in [6.07, 6.45) is 1.76. The van der Waals surface area contributed by atoms with Crippen molar-refractivity contribution < 1.29 is 0 Å². The summed E-state index contributed by atoms with van der Waals surface area (Å²) < 4.78 is 2.04. The fourth-order valence-electron chi connectivity index (χ4n) is 2.04. The number of imidazole rings is 1. The molecule has 0 unspecified atom stereocenters. The fourth-order valence-corrected chi connectivity index (χ4v) is 2.04. The summed E-state index contributed by atoms with van der Waals surface area (Å²) in [5.74, 6) is 0. The molecule has 1 aliphatic heterocycles. The Morgan fingerprint density at radius 3 is 3.07 bits per heavy atom. The van der Waals surface area contributed by atoms with Crippen molar-refractivity contribution in [1.29, 1.82) is 0 Å². The van der Waals surface area contributed by atoms with Crippen molar-refractivity contribution in [2.24, 2.45) is 10.2 Å². The highest BCUT2D eigenvalue weighted by Crippen LogP contribution is 2.16. The molecule has 15 heavy (non-hydrogen) atoms. The van der Waals surface area contributed by atoms with E-state index in [4.69, 9.17) is 0 Å². The second-order valence-corrected chi connectivity index (χ2v) is 3.56. The Morgan fingerprint density at radius 2 is 2.07 bits per heavy atom. The number of fused-ring (bicyclic) bond motifs is 5. The quantitative estimate of drug-likeness (QED) is 0.529. The largest absolute Gasteiger partial charge is 0.275 e. The predicted octanol–water partition coefficient (Wildman–Crippen LogP) is 1.17. The molecule has 1 aliphatic rings. The van der Waals surface area contributed by atoms with Gasteiger partial charge in [0.25, 0.3) is 0 Å². The molecule has 1 aromatic carbocycles. The smallest absolute Gasteiger partial charge is 0.170 e. The topological polar surface area (TPSA) is 42.0 Å². The maximum absolute atomic E-state index is 4.52. The first-order chi connectivity index (χ1) is 7.43. The molecule has 0 radical (unpaired) electrons. The Kier molecular flexibility index (Phi) is 1.06. The number of para-hydroxylation sites is 2. The van der Waals surface area contributed by atoms with Gasteiger partial charge < -0.3 is 0 Å². The average molecular weight is 194 g/mol. The van der Waals surface area contributed by atoms with E-state index in [1.807, 2.05) is 34.7 Å². The van der Waals surface area contributed by atoms with Crippen LogP contribution in [0.15, 0.2) is 40.5 Å². The number of aromatic nitrogens is 2. The molecule has 3 heterocycles. The summed E-state index contributed by atoms with van der Waals surface area (Å²) in [6.45, 7) is 0. The summed E-state index contributed by atoms with van der Waals surface area (Å²) in [4.78, 5) is 4.52. The van der Waals surface area contributed by atoms with Crippen molar-refractivity contribution in [2.75, 3.05) is 0 Å². The standard InChI is InChI=1S/C11H6N4/c1-2-4-9-8(3-1)13-10-5-7-6-12-14-11(7)15(9)10/h1-6H. The fraction of sp³-hybridized carbons (Fsp3) is 0. The Hall–Kier alpha value is -2.23. The van der Waals surface area contributed by atoms with Crippen LogP contribution in [0.1, 0.15) is 5.56 Å². The van der Waals surface area contributed by atoms with E-state index in [2.05, 4.69) is 15.2 Å². The maximum atomic E-state index is 4.52. The molecule has 0 saturated carbocycles. The normalized spacial score (nSPS) is 13.6. The van der Waals surface area contributed by atoms with Gasteiger partial charge in [-0.2, -0.15) is 5.10 Å². The minimum atomic E-state index is 0.888. The zero-order chi connectivity index (χ0) is 9.83. The number of benzene rings is 1. The van der Waals surface area contributed by atoms with E-state index < -0.39 is 0 Å². The molecule has 0 aliphatic carbocycles. The lowest BCUT2D eigenvalue weighted by Gasteiger charge is -1.88. The van der Waals surface area contributed by atoms with Gasteiger partial charge in [-0.15, -0.1) is 5.10 Å². The lowest BCUT2D eigenvalue weighted by atomic mass is 10.3. The number of hydrogen-bond acceptors (Lipinski definition) is 3. The average Bonchev–Trinajstić information content (AvgIpc) is 2.85. The molecule has 4 rings (SSSR count). The summed E-state index contributed by atoms with van der Waals surface area (Å²) in [7, 11) is 0. The molecule has 0 fully saturated rings. The number of rotatable bonds is 0. The molecule has 4 nitrogen and oxygen atoms in total. The summed E-state index contributed by atoms with van der Waals surface area (Å²) in [5.41, 5.74) is 4.96. The molecule has 0 N–H and O–H groups in total. The molecule has 0 amide bonds. The molecular formula is C11H6N4. The van der Waals surface area contributed by atoms with Crippen LogP contribution in [0.25, 0.3) is 16.7 Å². The molecule has 70 valence electrons. The van der Waals surface area contributed by atoms with Crippen LogP contribution >= 0.6 is 0 Å². The summed E-state index contributed by atoms with van der Waals surface area (Å²) in [6, 6.07) is 10.1. The van der Waals surface area contributed by atoms with Crippen LogP contribution in [0.4, 0.5) is 0 Å². The Balaban J connectivity index is 2.38. The van der Waals surface area contributed by atoms with Crippen LogP contribution in [0.5, 0.6) is 0 Å². The minimum absolute atomic E-state index is 0.888. The van der Waals surface area contributed by atoms with E-state index in [0.717, 1.165) is 27.7 Å². The van der Waals surface area contributed by atoms with Crippen molar-refractivity contribution in [2.45, 2.75) is 0 Å². The van der Waals surface area contributed by atoms with Crippen LogP contribution in [-0.4, -0.2) is 15.6 Å². The monoisotopic (exact) mass is 194 g/mol. The van der Waals surface area contributed by atoms with E-state index in [-0.39, 0.29) is 0 Å². The third-order valence-corrected chi connectivity index (χ3v) is 2.69. The molecule has 2 aromatic heterocycles. The third kappa shape index (κ3) is 0.747. The van der Waals surface area contributed by atoms with Gasteiger partial charge in [0.2, 0.25) is 0 Å². The second kappa shape index (κ2) is 2.23. The van der Waals surface area contributed by atoms with Crippen molar-refractivity contribution in [3.8, 4) is 0 Å². The molecular weight excluding hydrogens is 188 g/mol. The SMILES string of the molecule is C1=NN=c2c1cc1nc3ccccc3n21. The molecule has 3 aromatic rings. The van der Waals surface area contributed by atoms with Crippen LogP contribution < -0.4 is 5.49 Å². The number of hydrogen-bond donors (Lipinski definition) is 0. The highest BCUT2D eigenvalue weighted by atomic mass is 15.3. The van der Waals surface area contributed by atoms with Gasteiger partial charge in [-0.3, -0.25) is 4.40 Å². The van der Waals surface area contributed by atoms with E-state index in [1.54, 1.807) is 6.21 Å². The zero-order valence-electron chi connectivity index (χ0n) is 7.75. The van der Waals surface area contributed by atoms with Gasteiger partial charge in [-0.05, 0) is 18.2 Å². The van der Waals surface area contributed by atoms with Crippen LogP contribution in [0, 0.1) is 0 Å². The third-order valence-electron chi connectivity index (χ3n) is 2.69. The van der Waals surface area contributed by atoms with Gasteiger partial charge in [0.15, 0.2) is 5.49 Å². The Bertz CT molecular complexity index is 767.